The van der Waals surface area contributed by atoms with Crippen molar-refractivity contribution in [3.05, 3.63) is 143 Å². The van der Waals surface area contributed by atoms with Crippen molar-refractivity contribution in [1.82, 2.24) is 19.3 Å². The molecule has 4 aromatic carbocycles. The Balaban J connectivity index is 0.00000465. The van der Waals surface area contributed by atoms with Crippen LogP contribution in [0.15, 0.2) is 109 Å². The monoisotopic (exact) mass is 905 g/mol. The maximum Gasteiger partial charge on any atom is 2.00 e. The van der Waals surface area contributed by atoms with Gasteiger partial charge in [-0.2, -0.15) is 11.2 Å². The van der Waals surface area contributed by atoms with Crippen LogP contribution in [0.25, 0.3) is 44.6 Å². The van der Waals surface area contributed by atoms with E-state index < -0.39 is 0 Å². The molecule has 0 aliphatic heterocycles. The predicted octanol–water partition coefficient (Wildman–Crippen LogP) is 12.9. The molecule has 0 radical (unpaired) electrons. The van der Waals surface area contributed by atoms with E-state index in [4.69, 9.17) is 14.8 Å². The van der Waals surface area contributed by atoms with Crippen molar-refractivity contribution in [1.29, 1.82) is 0 Å². The quantitative estimate of drug-likeness (QED) is 0.118. The third-order valence-electron chi connectivity index (χ3n) is 11.2. The minimum absolute atomic E-state index is 0. The van der Waals surface area contributed by atoms with Crippen LogP contribution in [0.4, 0.5) is 0 Å². The molecule has 0 bridgehead atoms. The zero-order valence-electron chi connectivity index (χ0n) is 33.3. The summed E-state index contributed by atoms with van der Waals surface area (Å²) in [6.45, 7) is 20.3. The number of hydrogen-bond acceptors (Lipinski definition) is 3. The normalized spacial score (nSPS) is 17.4. The summed E-state index contributed by atoms with van der Waals surface area (Å²) in [6, 6.07) is 39.3. The zero-order valence-corrected chi connectivity index (χ0v) is 35.6. The van der Waals surface area contributed by atoms with Gasteiger partial charge in [0.2, 0.25) is 0 Å². The smallest absolute Gasteiger partial charge is 0.509 e. The summed E-state index contributed by atoms with van der Waals surface area (Å²) in [7, 11) is 0. The molecule has 0 fully saturated rings. The number of benzene rings is 4. The summed E-state index contributed by atoms with van der Waals surface area (Å²) in [4.78, 5) is 4.83. The van der Waals surface area contributed by atoms with Gasteiger partial charge >= 0.3 is 21.1 Å². The SMILES string of the molecule is CC1=C[C@H](C)C[C@H](C)C1c1c(C)nn(-c2[c-]c(Oc3[c-]c4c(cc3)c3ccccc3n4-c3cc(C(C)C)ccn3)cc(C(C)(C)C)c2)c1-c1ccccc1.[Pt+2]. The molecule has 7 aromatic rings. The number of ether oxygens (including phenoxy) is 1. The van der Waals surface area contributed by atoms with Gasteiger partial charge in [0.15, 0.2) is 0 Å². The van der Waals surface area contributed by atoms with E-state index in [1.165, 1.54) is 16.7 Å². The summed E-state index contributed by atoms with van der Waals surface area (Å²) < 4.78 is 11.1. The van der Waals surface area contributed by atoms with Crippen LogP contribution in [-0.2, 0) is 26.5 Å². The molecule has 282 valence electrons. The van der Waals surface area contributed by atoms with Gasteiger partial charge < -0.3 is 9.30 Å². The molecule has 8 rings (SSSR count). The maximum atomic E-state index is 6.78. The number of nitrogens with zero attached hydrogens (tertiary/aromatic N) is 4. The number of para-hydroxylation sites is 1. The first-order chi connectivity index (χ1) is 25.9. The Hall–Kier alpha value is -4.73. The Morgan fingerprint density at radius 1 is 0.836 bits per heavy atom. The second-order valence-corrected chi connectivity index (χ2v) is 16.7. The summed E-state index contributed by atoms with van der Waals surface area (Å²) in [5, 5.41) is 7.56. The number of hydrogen-bond donors (Lipinski definition) is 0. The summed E-state index contributed by atoms with van der Waals surface area (Å²) in [5.74, 6) is 3.85. The fourth-order valence-electron chi connectivity index (χ4n) is 8.60. The minimum Gasteiger partial charge on any atom is -0.509 e. The molecule has 0 saturated heterocycles. The minimum atomic E-state index is -0.152. The molecule has 1 aliphatic rings. The molecule has 0 spiro atoms. The number of rotatable bonds is 7. The topological polar surface area (TPSA) is 44.9 Å². The van der Waals surface area contributed by atoms with E-state index >= 15 is 0 Å². The number of aryl methyl sites for hydroxylation is 1. The van der Waals surface area contributed by atoms with Crippen LogP contribution >= 0.6 is 0 Å². The third-order valence-corrected chi connectivity index (χ3v) is 11.2. The van der Waals surface area contributed by atoms with Gasteiger partial charge in [-0.1, -0.05) is 114 Å². The second kappa shape index (κ2) is 15.1. The maximum absolute atomic E-state index is 6.78. The van der Waals surface area contributed by atoms with E-state index in [0.717, 1.165) is 62.2 Å². The predicted molar refractivity (Wildman–Crippen MR) is 222 cm³/mol. The van der Waals surface area contributed by atoms with E-state index in [0.29, 0.717) is 29.3 Å². The molecule has 0 amide bonds. The molecule has 1 unspecified atom stereocenters. The van der Waals surface area contributed by atoms with Gasteiger partial charge in [-0.05, 0) is 78.3 Å². The van der Waals surface area contributed by atoms with E-state index in [1.807, 2.05) is 12.3 Å². The first-order valence-electron chi connectivity index (χ1n) is 19.4. The molecule has 5 nitrogen and oxygen atoms in total. The Kier molecular flexibility index (Phi) is 10.6. The molecule has 3 aromatic heterocycles. The van der Waals surface area contributed by atoms with E-state index in [9.17, 15) is 0 Å². The van der Waals surface area contributed by atoms with Crippen molar-refractivity contribution in [2.24, 2.45) is 11.8 Å². The van der Waals surface area contributed by atoms with E-state index in [2.05, 4.69) is 175 Å². The van der Waals surface area contributed by atoms with E-state index in [1.54, 1.807) is 0 Å². The third kappa shape index (κ3) is 7.24. The van der Waals surface area contributed by atoms with E-state index in [-0.39, 0.29) is 32.4 Å². The van der Waals surface area contributed by atoms with Gasteiger partial charge in [0.1, 0.15) is 5.82 Å². The Labute approximate surface area is 340 Å². The average Bonchev–Trinajstić information content (AvgIpc) is 3.65. The van der Waals surface area contributed by atoms with Crippen LogP contribution in [0.1, 0.15) is 96.0 Å². The molecule has 55 heavy (non-hydrogen) atoms. The van der Waals surface area contributed by atoms with Crippen LogP contribution in [0.3, 0.4) is 0 Å². The standard InChI is InChI=1S/C49H50N4O.Pt/c1-30(2)36-21-22-50-45(25-36)52-43-18-14-13-17-41(43)42-20-19-39(29-44(42)52)54-40-27-37(49(7,8)9)26-38(28-40)53-48(35-15-11-10-12-16-35)47(34(6)51-53)46-32(4)23-31(3)24-33(46)5;/h10-23,25-27,30-31,33,46H,24H2,1-9H3;/q-2;+2/t31-,33-,46?;/m0./s1. The second-order valence-electron chi connectivity index (χ2n) is 16.7. The van der Waals surface area contributed by atoms with Crippen LogP contribution in [-0.4, -0.2) is 19.3 Å². The number of aromatic nitrogens is 4. The van der Waals surface area contributed by atoms with Crippen LogP contribution < -0.4 is 4.74 Å². The van der Waals surface area contributed by atoms with Crippen LogP contribution in [0.5, 0.6) is 11.5 Å². The zero-order chi connectivity index (χ0) is 37.9. The number of allylic oxidation sites excluding steroid dienone is 2. The van der Waals surface area contributed by atoms with Gasteiger partial charge in [-0.25, -0.2) is 4.98 Å². The summed E-state index contributed by atoms with van der Waals surface area (Å²) >= 11 is 0. The molecule has 6 heteroatoms. The van der Waals surface area contributed by atoms with Crippen molar-refractivity contribution in [3.8, 4) is 34.3 Å². The van der Waals surface area contributed by atoms with Crippen molar-refractivity contribution < 1.29 is 25.8 Å². The van der Waals surface area contributed by atoms with Crippen molar-refractivity contribution in [2.45, 2.75) is 86.0 Å². The Bertz CT molecular complexity index is 2530. The van der Waals surface area contributed by atoms with Crippen LogP contribution in [0.2, 0.25) is 0 Å². The molecule has 3 atom stereocenters. The fourth-order valence-corrected chi connectivity index (χ4v) is 8.60. The van der Waals surface area contributed by atoms with Gasteiger partial charge in [0.25, 0.3) is 0 Å². The van der Waals surface area contributed by atoms with Gasteiger partial charge in [-0.15, -0.1) is 41.3 Å². The molecule has 3 heterocycles. The molecule has 0 saturated carbocycles. The largest absolute Gasteiger partial charge is 2.00 e. The Morgan fingerprint density at radius 2 is 1.58 bits per heavy atom. The van der Waals surface area contributed by atoms with Crippen molar-refractivity contribution in [2.75, 3.05) is 0 Å². The fraction of sp³-hybridized carbons (Fsp3) is 0.306. The molecule has 1 aliphatic carbocycles. The molecular weight excluding hydrogens is 856 g/mol. The van der Waals surface area contributed by atoms with Crippen LogP contribution in [0, 0.1) is 30.9 Å². The molecule has 0 N–H and O–H groups in total. The average molecular weight is 906 g/mol. The van der Waals surface area contributed by atoms with Gasteiger partial charge in [0.05, 0.1) is 11.4 Å². The first-order valence-corrected chi connectivity index (χ1v) is 19.4. The van der Waals surface area contributed by atoms with Crippen molar-refractivity contribution in [3.63, 3.8) is 0 Å². The van der Waals surface area contributed by atoms with Crippen molar-refractivity contribution >= 4 is 21.8 Å². The number of fused-ring (bicyclic) bond motifs is 3. The molecular formula is C49H50N4OPt. The number of pyridine rings is 1. The summed E-state index contributed by atoms with van der Waals surface area (Å²) in [5.41, 5.74) is 11.1. The van der Waals surface area contributed by atoms with Gasteiger partial charge in [0, 0.05) is 40.3 Å². The summed E-state index contributed by atoms with van der Waals surface area (Å²) in [6.07, 6.45) is 5.51. The first kappa shape index (κ1) is 38.5. The Morgan fingerprint density at radius 3 is 2.31 bits per heavy atom. The van der Waals surface area contributed by atoms with Gasteiger partial charge in [-0.3, -0.25) is 4.68 Å².